The Kier molecular flexibility index (Phi) is 14.8. The van der Waals surface area contributed by atoms with E-state index in [1.807, 2.05) is 18.7 Å². The molecule has 6 bridgehead atoms. The van der Waals surface area contributed by atoms with Gasteiger partial charge in [0, 0.05) is 60.5 Å². The molecule has 2 amide bonds. The molecular formula is C50H58F4N8O8S. The zero-order valence-corrected chi connectivity index (χ0v) is 41.5. The largest absolute Gasteiger partial charge is 0.464 e. The molecule has 0 unspecified atom stereocenters. The smallest absolute Gasteiger partial charge is 0.408 e. The maximum atomic E-state index is 16.8. The van der Waals surface area contributed by atoms with Gasteiger partial charge in [-0.05, 0) is 82.9 Å². The van der Waals surface area contributed by atoms with Gasteiger partial charge in [0.25, 0.3) is 5.91 Å². The predicted molar refractivity (Wildman–Crippen MR) is 257 cm³/mol. The molecule has 2 aromatic carbocycles. The molecule has 3 aromatic heterocycles. The number of amides is 2. The van der Waals surface area contributed by atoms with E-state index in [1.165, 1.54) is 18.2 Å². The Bertz CT molecular complexity index is 2790. The van der Waals surface area contributed by atoms with Crippen LogP contribution in [0.25, 0.3) is 33.4 Å². The molecule has 2 N–H and O–H groups in total. The first-order valence-corrected chi connectivity index (χ1v) is 24.3. The number of aromatic nitrogens is 3. The van der Waals surface area contributed by atoms with Crippen LogP contribution in [0.1, 0.15) is 87.1 Å². The van der Waals surface area contributed by atoms with Crippen molar-refractivity contribution < 1.29 is 55.8 Å². The number of anilines is 1. The number of carbonyl (C=O) groups is 4. The number of cyclic esters (lactones) is 1. The Morgan fingerprint density at radius 3 is 2.45 bits per heavy atom. The molecule has 3 aliphatic rings. The number of pyridine rings is 1. The predicted octanol–water partition coefficient (Wildman–Crippen LogP) is 8.19. The minimum absolute atomic E-state index is 0.00554. The van der Waals surface area contributed by atoms with E-state index in [0.29, 0.717) is 77.5 Å². The maximum Gasteiger partial charge on any atom is 0.408 e. The molecule has 3 atom stereocenters. The number of nitrogens with one attached hydrogen (secondary N) is 2. The van der Waals surface area contributed by atoms with E-state index in [1.54, 1.807) is 80.7 Å². The van der Waals surface area contributed by atoms with Crippen molar-refractivity contribution in [3.63, 3.8) is 0 Å². The summed E-state index contributed by atoms with van der Waals surface area (Å²) in [7, 11) is 1.47. The summed E-state index contributed by atoms with van der Waals surface area (Å²) in [6, 6.07) is 10.8. The summed E-state index contributed by atoms with van der Waals surface area (Å²) in [6.45, 7) is 10.4. The number of halogens is 4. The van der Waals surface area contributed by atoms with Crippen molar-refractivity contribution in [1.29, 1.82) is 0 Å². The SMILES string of the molecule is CO[C@@H](C)c1ncc(N2CCN(OC(=O)c3ccccc3)CC2)cc1-c1c2c3cc(c(F)cc3n1CC(F)(F)F)-c1csc(n1)C[C@H](NC(=O)OC(C)(C)C)C(=O)N1CCC[C@H](N1)C(=O)OCC(C)(C)C2. The highest BCUT2D eigenvalue weighted by molar-refractivity contribution is 7.10. The van der Waals surface area contributed by atoms with Gasteiger partial charge in [0.1, 0.15) is 30.0 Å². The average molecular weight is 1010 g/mol. The van der Waals surface area contributed by atoms with Gasteiger partial charge < -0.3 is 33.8 Å². The van der Waals surface area contributed by atoms with Crippen molar-refractivity contribution in [2.75, 3.05) is 51.3 Å². The van der Waals surface area contributed by atoms with Crippen molar-refractivity contribution in [2.24, 2.45) is 5.41 Å². The fourth-order valence-corrected chi connectivity index (χ4v) is 9.90. The second-order valence-corrected chi connectivity index (χ2v) is 20.8. The van der Waals surface area contributed by atoms with E-state index < -0.39 is 71.7 Å². The fraction of sp³-hybridized carbons (Fsp3) is 0.480. The Labute approximate surface area is 412 Å². The van der Waals surface area contributed by atoms with Crippen LogP contribution < -0.4 is 15.6 Å². The van der Waals surface area contributed by atoms with Crippen molar-refractivity contribution in [1.82, 2.24) is 35.3 Å². The van der Waals surface area contributed by atoms with Gasteiger partial charge in [-0.3, -0.25) is 19.6 Å². The number of carbonyl (C=O) groups excluding carboxylic acids is 4. The molecule has 16 nitrogen and oxygen atoms in total. The molecular weight excluding hydrogens is 949 g/mol. The molecule has 2 saturated heterocycles. The van der Waals surface area contributed by atoms with Crippen LogP contribution in [0.4, 0.5) is 28.0 Å². The Morgan fingerprint density at radius 2 is 1.76 bits per heavy atom. The number of hydrogen-bond acceptors (Lipinski definition) is 14. The lowest BCUT2D eigenvalue weighted by Gasteiger charge is -2.35. The summed E-state index contributed by atoms with van der Waals surface area (Å²) in [5, 5.41) is 7.73. The second kappa shape index (κ2) is 20.5. The Morgan fingerprint density at radius 1 is 1.03 bits per heavy atom. The van der Waals surface area contributed by atoms with Gasteiger partial charge in [-0.2, -0.15) is 13.2 Å². The summed E-state index contributed by atoms with van der Waals surface area (Å²) in [5.74, 6) is -2.55. The van der Waals surface area contributed by atoms with Crippen LogP contribution in [0.5, 0.6) is 0 Å². The number of piperazine rings is 1. The van der Waals surface area contributed by atoms with E-state index in [0.717, 1.165) is 22.0 Å². The van der Waals surface area contributed by atoms with Gasteiger partial charge in [-0.15, -0.1) is 16.4 Å². The van der Waals surface area contributed by atoms with Gasteiger partial charge in [-0.25, -0.2) is 24.4 Å². The molecule has 21 heteroatoms. The van der Waals surface area contributed by atoms with Gasteiger partial charge in [0.15, 0.2) is 0 Å². The molecule has 2 fully saturated rings. The highest BCUT2D eigenvalue weighted by Gasteiger charge is 2.38. The third-order valence-corrected chi connectivity index (χ3v) is 13.4. The van der Waals surface area contributed by atoms with Crippen molar-refractivity contribution in [3.05, 3.63) is 87.8 Å². The molecule has 71 heavy (non-hydrogen) atoms. The number of ether oxygens (including phenoxy) is 3. The molecule has 5 aromatic rings. The number of thiazole rings is 1. The maximum absolute atomic E-state index is 16.8. The first-order chi connectivity index (χ1) is 33.6. The second-order valence-electron chi connectivity index (χ2n) is 19.8. The summed E-state index contributed by atoms with van der Waals surface area (Å²) in [4.78, 5) is 71.2. The summed E-state index contributed by atoms with van der Waals surface area (Å²) in [5.41, 5.74) is 3.44. The van der Waals surface area contributed by atoms with Crippen LogP contribution in [0, 0.1) is 11.2 Å². The fourth-order valence-electron chi connectivity index (χ4n) is 9.06. The van der Waals surface area contributed by atoms with Crippen LogP contribution in [0.15, 0.2) is 60.1 Å². The lowest BCUT2D eigenvalue weighted by molar-refractivity contribution is -0.155. The molecule has 0 saturated carbocycles. The zero-order valence-electron chi connectivity index (χ0n) is 40.7. The third kappa shape index (κ3) is 12.0. The molecule has 3 aliphatic heterocycles. The van der Waals surface area contributed by atoms with E-state index in [4.69, 9.17) is 29.0 Å². The van der Waals surface area contributed by atoms with Crippen molar-refractivity contribution >= 4 is 51.9 Å². The zero-order chi connectivity index (χ0) is 51.0. The lowest BCUT2D eigenvalue weighted by Crippen LogP contribution is -2.60. The number of methoxy groups -OCH3 is 1. The monoisotopic (exact) mass is 1010 g/mol. The summed E-state index contributed by atoms with van der Waals surface area (Å²) in [6.07, 6.45) is -4.04. The van der Waals surface area contributed by atoms with Crippen LogP contribution in [0.2, 0.25) is 0 Å². The number of esters is 1. The lowest BCUT2D eigenvalue weighted by atomic mass is 9.84. The number of rotatable bonds is 8. The Hall–Kier alpha value is -6.16. The van der Waals surface area contributed by atoms with Crippen LogP contribution in [0.3, 0.4) is 0 Å². The minimum Gasteiger partial charge on any atom is -0.464 e. The average Bonchev–Trinajstić information content (AvgIpc) is 3.89. The van der Waals surface area contributed by atoms with Gasteiger partial charge in [0.05, 0.1) is 70.9 Å². The van der Waals surface area contributed by atoms with E-state index >= 15 is 17.6 Å². The van der Waals surface area contributed by atoms with E-state index in [9.17, 15) is 19.2 Å². The van der Waals surface area contributed by atoms with E-state index in [2.05, 4.69) is 10.7 Å². The number of hydrogen-bond donors (Lipinski definition) is 2. The van der Waals surface area contributed by atoms with E-state index in [-0.39, 0.29) is 48.5 Å². The first-order valence-electron chi connectivity index (χ1n) is 23.5. The number of nitrogens with zero attached hydrogens (tertiary/aromatic N) is 6. The van der Waals surface area contributed by atoms with Gasteiger partial charge >= 0.3 is 24.2 Å². The van der Waals surface area contributed by atoms with Crippen LogP contribution in [-0.4, -0.2) is 119 Å². The number of fused-ring (bicyclic) bond motifs is 6. The summed E-state index contributed by atoms with van der Waals surface area (Å²) >= 11 is 1.11. The topological polar surface area (TPSA) is 170 Å². The molecule has 380 valence electrons. The molecule has 0 spiro atoms. The van der Waals surface area contributed by atoms with Gasteiger partial charge in [-0.1, -0.05) is 32.0 Å². The van der Waals surface area contributed by atoms with Gasteiger partial charge in [0.2, 0.25) is 0 Å². The normalized spacial score (nSPS) is 19.8. The standard InChI is InChI=1S/C50H58F4N8O8S/c1-29(67-7)42-34(20-31(25-55-42)59-16-18-60(19-17-59)70-45(64)30-12-9-8-10-13-30)43-35-24-49(5,6)28-68-46(65)37-14-11-15-62(58-37)44(63)38(57-47(66)69-48(2,3)4)23-41-56-39(26-71-41)33-21-32(35)40(22-36(33)51)61(43)27-50(52,53)54/h8-10,12-13,20-22,25-26,29,37-38,58H,11,14-19,23-24,27-28H2,1-7H3,(H,57,66)/t29-,37-,38-/m0/s1. The summed E-state index contributed by atoms with van der Waals surface area (Å²) < 4.78 is 80.2. The van der Waals surface area contributed by atoms with Crippen molar-refractivity contribution in [3.8, 4) is 22.5 Å². The minimum atomic E-state index is -4.78. The highest BCUT2D eigenvalue weighted by Crippen LogP contribution is 2.45. The molecule has 8 rings (SSSR count). The first kappa shape index (κ1) is 51.2. The molecule has 0 radical (unpaired) electrons. The van der Waals surface area contributed by atoms with Crippen molar-refractivity contribution in [2.45, 2.75) is 104 Å². The number of alkyl halides is 3. The highest BCUT2D eigenvalue weighted by atomic mass is 32.1. The number of hydroxylamine groups is 2. The number of alkyl carbamates (subject to hydrolysis) is 1. The quantitative estimate of drug-likeness (QED) is 0.113. The van der Waals surface area contributed by atoms with Crippen LogP contribution in [-0.2, 0) is 48.0 Å². The third-order valence-electron chi connectivity index (χ3n) is 12.5. The number of hydrazine groups is 1. The van der Waals surface area contributed by atoms with Crippen LogP contribution >= 0.6 is 11.3 Å². The molecule has 0 aliphatic carbocycles. The Balaban J connectivity index is 1.25. The molecule has 6 heterocycles. The number of benzene rings is 2.